The van der Waals surface area contributed by atoms with Crippen LogP contribution < -0.4 is 10.6 Å². The molecule has 0 bridgehead atoms. The van der Waals surface area contributed by atoms with E-state index in [2.05, 4.69) is 27.6 Å². The van der Waals surface area contributed by atoms with Gasteiger partial charge in [-0.25, -0.2) is 4.98 Å². The van der Waals surface area contributed by atoms with Gasteiger partial charge in [0.2, 0.25) is 0 Å². The zero-order chi connectivity index (χ0) is 13.7. The van der Waals surface area contributed by atoms with Crippen molar-refractivity contribution in [2.24, 2.45) is 0 Å². The molecule has 1 saturated heterocycles. The average Bonchev–Trinajstić information content (AvgIpc) is 2.46. The standard InChI is InChI=1S/C14H22N4O/c1-15-13-8-5-7-12(17-13)14(19)16-10-11-6-3-4-9-18(11)2/h5,7-8,11H,3-4,6,9-10H2,1-2H3,(H,15,17)(H,16,19). The van der Waals surface area contributed by atoms with E-state index in [1.165, 1.54) is 12.8 Å². The van der Waals surface area contributed by atoms with Gasteiger partial charge in [-0.1, -0.05) is 12.5 Å². The lowest BCUT2D eigenvalue weighted by molar-refractivity contribution is 0.0923. The minimum Gasteiger partial charge on any atom is -0.373 e. The fourth-order valence-electron chi connectivity index (χ4n) is 2.40. The van der Waals surface area contributed by atoms with Crippen LogP contribution in [0.2, 0.25) is 0 Å². The van der Waals surface area contributed by atoms with Gasteiger partial charge in [0.15, 0.2) is 0 Å². The quantitative estimate of drug-likeness (QED) is 0.859. The van der Waals surface area contributed by atoms with Crippen molar-refractivity contribution < 1.29 is 4.79 Å². The Morgan fingerprint density at radius 3 is 3.05 bits per heavy atom. The fraction of sp³-hybridized carbons (Fsp3) is 0.571. The Morgan fingerprint density at radius 2 is 2.32 bits per heavy atom. The number of nitrogens with one attached hydrogen (secondary N) is 2. The summed E-state index contributed by atoms with van der Waals surface area (Å²) in [5.74, 6) is 0.610. The van der Waals surface area contributed by atoms with Gasteiger partial charge in [0.25, 0.3) is 5.91 Å². The highest BCUT2D eigenvalue weighted by atomic mass is 16.1. The lowest BCUT2D eigenvalue weighted by Gasteiger charge is -2.32. The van der Waals surface area contributed by atoms with Crippen molar-refractivity contribution in [3.8, 4) is 0 Å². The Kier molecular flexibility index (Phi) is 4.74. The Balaban J connectivity index is 1.89. The molecule has 1 atom stereocenters. The second kappa shape index (κ2) is 6.52. The van der Waals surface area contributed by atoms with Crippen molar-refractivity contribution in [2.45, 2.75) is 25.3 Å². The number of aromatic nitrogens is 1. The lowest BCUT2D eigenvalue weighted by atomic mass is 10.0. The first-order chi connectivity index (χ1) is 9.20. The molecule has 1 amide bonds. The summed E-state index contributed by atoms with van der Waals surface area (Å²) < 4.78 is 0. The second-order valence-electron chi connectivity index (χ2n) is 5.00. The van der Waals surface area contributed by atoms with E-state index < -0.39 is 0 Å². The number of likely N-dealkylation sites (tertiary alicyclic amines) is 1. The van der Waals surface area contributed by atoms with Crippen molar-refractivity contribution >= 4 is 11.7 Å². The molecule has 19 heavy (non-hydrogen) atoms. The number of nitrogens with zero attached hydrogens (tertiary/aromatic N) is 2. The van der Waals surface area contributed by atoms with E-state index in [0.29, 0.717) is 24.1 Å². The van der Waals surface area contributed by atoms with Crippen LogP contribution >= 0.6 is 0 Å². The predicted molar refractivity (Wildman–Crippen MR) is 76.4 cm³/mol. The van der Waals surface area contributed by atoms with Gasteiger partial charge >= 0.3 is 0 Å². The first-order valence-electron chi connectivity index (χ1n) is 6.84. The molecule has 0 aliphatic carbocycles. The van der Waals surface area contributed by atoms with E-state index in [-0.39, 0.29) is 5.91 Å². The van der Waals surface area contributed by atoms with Crippen LogP contribution in [0.4, 0.5) is 5.82 Å². The van der Waals surface area contributed by atoms with E-state index in [1.54, 1.807) is 13.1 Å². The molecule has 2 N–H and O–H groups in total. The number of amides is 1. The number of hydrogen-bond donors (Lipinski definition) is 2. The third kappa shape index (κ3) is 3.67. The van der Waals surface area contributed by atoms with Gasteiger partial charge in [-0.2, -0.15) is 0 Å². The van der Waals surface area contributed by atoms with Gasteiger partial charge in [-0.3, -0.25) is 4.79 Å². The van der Waals surface area contributed by atoms with Gasteiger partial charge in [-0.05, 0) is 38.6 Å². The van der Waals surface area contributed by atoms with E-state index >= 15 is 0 Å². The van der Waals surface area contributed by atoms with Crippen molar-refractivity contribution in [2.75, 3.05) is 32.5 Å². The Bertz CT molecular complexity index is 435. The number of anilines is 1. The maximum atomic E-state index is 12.0. The first-order valence-corrected chi connectivity index (χ1v) is 6.84. The van der Waals surface area contributed by atoms with Crippen molar-refractivity contribution in [1.82, 2.24) is 15.2 Å². The lowest BCUT2D eigenvalue weighted by Crippen LogP contribution is -2.44. The maximum Gasteiger partial charge on any atom is 0.270 e. The molecule has 104 valence electrons. The van der Waals surface area contributed by atoms with Gasteiger partial charge in [0.05, 0.1) is 0 Å². The molecule has 5 heteroatoms. The fourth-order valence-corrected chi connectivity index (χ4v) is 2.40. The normalized spacial score (nSPS) is 20.0. The zero-order valence-electron chi connectivity index (χ0n) is 11.6. The molecule has 5 nitrogen and oxygen atoms in total. The minimum absolute atomic E-state index is 0.101. The molecular weight excluding hydrogens is 240 g/mol. The number of pyridine rings is 1. The number of carbonyl (C=O) groups excluding carboxylic acids is 1. The van der Waals surface area contributed by atoms with Crippen molar-refractivity contribution in [1.29, 1.82) is 0 Å². The molecule has 2 rings (SSSR count). The zero-order valence-corrected chi connectivity index (χ0v) is 11.6. The third-order valence-corrected chi connectivity index (χ3v) is 3.66. The predicted octanol–water partition coefficient (Wildman–Crippen LogP) is 1.34. The van der Waals surface area contributed by atoms with E-state index in [1.807, 2.05) is 12.1 Å². The summed E-state index contributed by atoms with van der Waals surface area (Å²) in [6.45, 7) is 1.81. The van der Waals surface area contributed by atoms with Crippen LogP contribution in [0.25, 0.3) is 0 Å². The number of likely N-dealkylation sites (N-methyl/N-ethyl adjacent to an activating group) is 1. The number of piperidine rings is 1. The summed E-state index contributed by atoms with van der Waals surface area (Å²) >= 11 is 0. The molecule has 1 aromatic heterocycles. The van der Waals surface area contributed by atoms with Crippen LogP contribution in [0.3, 0.4) is 0 Å². The molecule has 2 heterocycles. The molecular formula is C14H22N4O. The Morgan fingerprint density at radius 1 is 1.47 bits per heavy atom. The van der Waals surface area contributed by atoms with Crippen LogP contribution in [0, 0.1) is 0 Å². The van der Waals surface area contributed by atoms with Gasteiger partial charge in [0, 0.05) is 19.6 Å². The van der Waals surface area contributed by atoms with Gasteiger partial charge < -0.3 is 15.5 Å². The Hall–Kier alpha value is -1.62. The summed E-state index contributed by atoms with van der Waals surface area (Å²) in [7, 11) is 3.91. The van der Waals surface area contributed by atoms with Crippen LogP contribution in [0.1, 0.15) is 29.8 Å². The molecule has 1 aliphatic heterocycles. The number of carbonyl (C=O) groups is 1. The third-order valence-electron chi connectivity index (χ3n) is 3.66. The highest BCUT2D eigenvalue weighted by Crippen LogP contribution is 2.14. The smallest absolute Gasteiger partial charge is 0.270 e. The molecule has 0 spiro atoms. The minimum atomic E-state index is -0.101. The largest absolute Gasteiger partial charge is 0.373 e. The topological polar surface area (TPSA) is 57.3 Å². The molecule has 1 aromatic rings. The molecule has 0 radical (unpaired) electrons. The molecule has 0 saturated carbocycles. The maximum absolute atomic E-state index is 12.0. The summed E-state index contributed by atoms with van der Waals surface area (Å²) in [6, 6.07) is 5.86. The molecule has 1 fully saturated rings. The SMILES string of the molecule is CNc1cccc(C(=O)NCC2CCCCN2C)n1. The monoisotopic (exact) mass is 262 g/mol. The Labute approximate surface area is 114 Å². The molecule has 1 aliphatic rings. The van der Waals surface area contributed by atoms with E-state index in [0.717, 1.165) is 13.0 Å². The van der Waals surface area contributed by atoms with E-state index in [9.17, 15) is 4.79 Å². The highest BCUT2D eigenvalue weighted by molar-refractivity contribution is 5.92. The summed E-state index contributed by atoms with van der Waals surface area (Å²) in [6.07, 6.45) is 3.66. The van der Waals surface area contributed by atoms with Crippen LogP contribution in [-0.4, -0.2) is 49.0 Å². The van der Waals surface area contributed by atoms with Crippen molar-refractivity contribution in [3.05, 3.63) is 23.9 Å². The molecule has 0 aromatic carbocycles. The second-order valence-corrected chi connectivity index (χ2v) is 5.00. The summed E-state index contributed by atoms with van der Waals surface area (Å²) in [5, 5.41) is 5.91. The first kappa shape index (κ1) is 13.8. The highest BCUT2D eigenvalue weighted by Gasteiger charge is 2.19. The van der Waals surface area contributed by atoms with Gasteiger partial charge in [0.1, 0.15) is 11.5 Å². The van der Waals surface area contributed by atoms with Crippen LogP contribution in [0.15, 0.2) is 18.2 Å². The average molecular weight is 262 g/mol. The summed E-state index contributed by atoms with van der Waals surface area (Å²) in [4.78, 5) is 18.6. The molecule has 1 unspecified atom stereocenters. The van der Waals surface area contributed by atoms with Crippen LogP contribution in [-0.2, 0) is 0 Å². The van der Waals surface area contributed by atoms with Crippen molar-refractivity contribution in [3.63, 3.8) is 0 Å². The van der Waals surface area contributed by atoms with Gasteiger partial charge in [-0.15, -0.1) is 0 Å². The summed E-state index contributed by atoms with van der Waals surface area (Å²) in [5.41, 5.74) is 0.463. The van der Waals surface area contributed by atoms with Crippen LogP contribution in [0.5, 0.6) is 0 Å². The van der Waals surface area contributed by atoms with E-state index in [4.69, 9.17) is 0 Å². The number of rotatable bonds is 4. The number of hydrogen-bond acceptors (Lipinski definition) is 4.